The summed E-state index contributed by atoms with van der Waals surface area (Å²) < 4.78 is 5.94. The Bertz CT molecular complexity index is 617. The fraction of sp³-hybridized carbons (Fsp3) is 0.591. The molecule has 0 spiro atoms. The van der Waals surface area contributed by atoms with Gasteiger partial charge >= 0.3 is 5.97 Å². The SMILES string of the molecule is C=C(C)C(=O)OC1(c2ccc(C3(O)CCCCC3)cc2)CCCCC1. The van der Waals surface area contributed by atoms with Crippen LogP contribution in [0, 0.1) is 0 Å². The number of carbonyl (C=O) groups excluding carboxylic acids is 1. The van der Waals surface area contributed by atoms with Crippen LogP contribution in [0.4, 0.5) is 0 Å². The molecule has 1 aromatic carbocycles. The molecule has 0 saturated heterocycles. The van der Waals surface area contributed by atoms with E-state index < -0.39 is 11.2 Å². The third-order valence-corrected chi connectivity index (χ3v) is 5.93. The Morgan fingerprint density at radius 1 is 0.920 bits per heavy atom. The Kier molecular flexibility index (Phi) is 5.33. The molecule has 2 aliphatic rings. The maximum Gasteiger partial charge on any atom is 0.333 e. The van der Waals surface area contributed by atoms with Gasteiger partial charge in [-0.1, -0.05) is 56.5 Å². The smallest absolute Gasteiger partial charge is 0.333 e. The molecule has 0 aromatic heterocycles. The van der Waals surface area contributed by atoms with Crippen LogP contribution in [0.15, 0.2) is 36.4 Å². The monoisotopic (exact) mass is 342 g/mol. The standard InChI is InChI=1S/C22H30O3/c1-17(2)20(23)25-22(15-7-4-8-16-22)19-11-9-18(10-12-19)21(24)13-5-3-6-14-21/h9-12,24H,1,3-8,13-16H2,2H3. The van der Waals surface area contributed by atoms with E-state index in [9.17, 15) is 9.90 Å². The van der Waals surface area contributed by atoms with Crippen molar-refractivity contribution in [1.82, 2.24) is 0 Å². The zero-order chi connectivity index (χ0) is 17.9. The third-order valence-electron chi connectivity index (χ3n) is 5.93. The minimum absolute atomic E-state index is 0.308. The van der Waals surface area contributed by atoms with E-state index in [0.717, 1.165) is 62.5 Å². The summed E-state index contributed by atoms with van der Waals surface area (Å²) in [5.74, 6) is -0.308. The van der Waals surface area contributed by atoms with E-state index in [4.69, 9.17) is 4.74 Å². The van der Waals surface area contributed by atoms with Gasteiger partial charge in [-0.05, 0) is 56.6 Å². The van der Waals surface area contributed by atoms with E-state index >= 15 is 0 Å². The molecule has 3 rings (SSSR count). The van der Waals surface area contributed by atoms with E-state index in [1.165, 1.54) is 12.8 Å². The lowest BCUT2D eigenvalue weighted by molar-refractivity contribution is -0.160. The highest BCUT2D eigenvalue weighted by Gasteiger charge is 2.38. The molecule has 136 valence electrons. The molecular weight excluding hydrogens is 312 g/mol. The third kappa shape index (κ3) is 3.82. The lowest BCUT2D eigenvalue weighted by Gasteiger charge is -2.38. The Labute approximate surface area is 151 Å². The normalized spacial score (nSPS) is 22.2. The molecule has 1 N–H and O–H groups in total. The Morgan fingerprint density at radius 3 is 1.92 bits per heavy atom. The summed E-state index contributed by atoms with van der Waals surface area (Å²) in [6.45, 7) is 5.42. The molecule has 2 aliphatic carbocycles. The highest BCUT2D eigenvalue weighted by Crippen LogP contribution is 2.43. The Morgan fingerprint density at radius 2 is 1.40 bits per heavy atom. The summed E-state index contributed by atoms with van der Waals surface area (Å²) in [6, 6.07) is 8.18. The van der Waals surface area contributed by atoms with Crippen LogP contribution in [0.3, 0.4) is 0 Å². The van der Waals surface area contributed by atoms with E-state index in [2.05, 4.69) is 18.7 Å². The second kappa shape index (κ2) is 7.33. The highest BCUT2D eigenvalue weighted by atomic mass is 16.6. The summed E-state index contributed by atoms with van der Waals surface area (Å²) >= 11 is 0. The fourth-order valence-corrected chi connectivity index (χ4v) is 4.35. The number of benzene rings is 1. The summed E-state index contributed by atoms with van der Waals surface area (Å²) in [4.78, 5) is 12.2. The van der Waals surface area contributed by atoms with Gasteiger partial charge in [0.15, 0.2) is 0 Å². The van der Waals surface area contributed by atoms with E-state index in [-0.39, 0.29) is 5.97 Å². The lowest BCUT2D eigenvalue weighted by atomic mass is 9.76. The number of ether oxygens (including phenoxy) is 1. The van der Waals surface area contributed by atoms with Crippen molar-refractivity contribution in [3.63, 3.8) is 0 Å². The van der Waals surface area contributed by atoms with Crippen molar-refractivity contribution in [3.8, 4) is 0 Å². The van der Waals surface area contributed by atoms with Gasteiger partial charge in [0.25, 0.3) is 0 Å². The molecule has 0 bridgehead atoms. The van der Waals surface area contributed by atoms with Crippen LogP contribution in [-0.2, 0) is 20.7 Å². The van der Waals surface area contributed by atoms with Crippen LogP contribution in [0.2, 0.25) is 0 Å². The van der Waals surface area contributed by atoms with Crippen LogP contribution in [0.5, 0.6) is 0 Å². The highest BCUT2D eigenvalue weighted by molar-refractivity contribution is 5.87. The molecule has 3 nitrogen and oxygen atoms in total. The summed E-state index contributed by atoms with van der Waals surface area (Å²) in [7, 11) is 0. The van der Waals surface area contributed by atoms with E-state index in [1.54, 1.807) is 6.92 Å². The average Bonchev–Trinajstić information content (AvgIpc) is 2.63. The number of rotatable bonds is 4. The predicted octanol–water partition coefficient (Wildman–Crippen LogP) is 5.12. The van der Waals surface area contributed by atoms with Gasteiger partial charge in [-0.2, -0.15) is 0 Å². The molecule has 1 aromatic rings. The van der Waals surface area contributed by atoms with Gasteiger partial charge in [-0.25, -0.2) is 4.79 Å². The molecule has 2 saturated carbocycles. The molecule has 25 heavy (non-hydrogen) atoms. The lowest BCUT2D eigenvalue weighted by Crippen LogP contribution is -2.35. The maximum absolute atomic E-state index is 12.2. The molecule has 3 heteroatoms. The average molecular weight is 342 g/mol. The number of esters is 1. The first-order valence-electron chi connectivity index (χ1n) is 9.68. The van der Waals surface area contributed by atoms with E-state index in [0.29, 0.717) is 5.57 Å². The Balaban J connectivity index is 1.86. The maximum atomic E-state index is 12.2. The van der Waals surface area contributed by atoms with Gasteiger partial charge < -0.3 is 9.84 Å². The molecule has 0 unspecified atom stereocenters. The van der Waals surface area contributed by atoms with Crippen LogP contribution in [0.25, 0.3) is 0 Å². The van der Waals surface area contributed by atoms with Crippen molar-refractivity contribution in [3.05, 3.63) is 47.5 Å². The second-order valence-electron chi connectivity index (χ2n) is 7.89. The largest absolute Gasteiger partial charge is 0.451 e. The minimum Gasteiger partial charge on any atom is -0.451 e. The van der Waals surface area contributed by atoms with E-state index in [1.807, 2.05) is 12.1 Å². The summed E-state index contributed by atoms with van der Waals surface area (Å²) in [5.41, 5.74) is 1.25. The molecule has 0 atom stereocenters. The number of carbonyl (C=O) groups is 1. The van der Waals surface area contributed by atoms with Crippen molar-refractivity contribution >= 4 is 5.97 Å². The van der Waals surface area contributed by atoms with Gasteiger partial charge in [0.1, 0.15) is 5.60 Å². The predicted molar refractivity (Wildman–Crippen MR) is 99.1 cm³/mol. The van der Waals surface area contributed by atoms with Crippen molar-refractivity contribution in [2.75, 3.05) is 0 Å². The van der Waals surface area contributed by atoms with Crippen molar-refractivity contribution in [2.24, 2.45) is 0 Å². The van der Waals surface area contributed by atoms with Gasteiger partial charge in [-0.3, -0.25) is 0 Å². The molecular formula is C22H30O3. The molecule has 0 aliphatic heterocycles. The van der Waals surface area contributed by atoms with Crippen molar-refractivity contribution < 1.29 is 14.6 Å². The molecule has 0 radical (unpaired) electrons. The summed E-state index contributed by atoms with van der Waals surface area (Å²) in [5, 5.41) is 10.9. The van der Waals surface area contributed by atoms with Gasteiger partial charge in [-0.15, -0.1) is 0 Å². The number of hydrogen-bond donors (Lipinski definition) is 1. The van der Waals surface area contributed by atoms with Crippen molar-refractivity contribution in [2.45, 2.75) is 82.3 Å². The number of aliphatic hydroxyl groups is 1. The van der Waals surface area contributed by atoms with Gasteiger partial charge in [0.2, 0.25) is 0 Å². The molecule has 0 heterocycles. The fourth-order valence-electron chi connectivity index (χ4n) is 4.35. The second-order valence-corrected chi connectivity index (χ2v) is 7.89. The first kappa shape index (κ1) is 18.2. The quantitative estimate of drug-likeness (QED) is 0.610. The number of hydrogen-bond acceptors (Lipinski definition) is 3. The van der Waals surface area contributed by atoms with Crippen LogP contribution in [0.1, 0.15) is 82.3 Å². The molecule has 0 amide bonds. The molecule has 2 fully saturated rings. The van der Waals surface area contributed by atoms with Crippen LogP contribution >= 0.6 is 0 Å². The topological polar surface area (TPSA) is 46.5 Å². The first-order chi connectivity index (χ1) is 12.0. The minimum atomic E-state index is -0.690. The zero-order valence-electron chi connectivity index (χ0n) is 15.4. The zero-order valence-corrected chi connectivity index (χ0v) is 15.4. The Hall–Kier alpha value is -1.61. The van der Waals surface area contributed by atoms with Gasteiger partial charge in [0.05, 0.1) is 5.60 Å². The van der Waals surface area contributed by atoms with Gasteiger partial charge in [0, 0.05) is 5.57 Å². The first-order valence-corrected chi connectivity index (χ1v) is 9.68. The van der Waals surface area contributed by atoms with Crippen LogP contribution < -0.4 is 0 Å². The summed E-state index contributed by atoms with van der Waals surface area (Å²) in [6.07, 6.45) is 10.1. The van der Waals surface area contributed by atoms with Crippen LogP contribution in [-0.4, -0.2) is 11.1 Å². The van der Waals surface area contributed by atoms with Crippen molar-refractivity contribution in [1.29, 1.82) is 0 Å².